The lowest BCUT2D eigenvalue weighted by Crippen LogP contribution is -2.23. The first-order valence-corrected chi connectivity index (χ1v) is 9.20. The number of nitrogens with zero attached hydrogens (tertiary/aromatic N) is 2. The highest BCUT2D eigenvalue weighted by Gasteiger charge is 2.11. The molecular formula is C19H17Br2N3OS. The zero-order valence-electron chi connectivity index (χ0n) is 14.0. The van der Waals surface area contributed by atoms with Crippen molar-refractivity contribution in [3.63, 3.8) is 0 Å². The van der Waals surface area contributed by atoms with Gasteiger partial charge in [-0.15, -0.1) is 22.1 Å². The number of amides is 1. The Bertz CT molecular complexity index is 976. The van der Waals surface area contributed by atoms with Crippen LogP contribution in [-0.2, 0) is 0 Å². The largest absolute Gasteiger partial charge is 0.291 e. The molecule has 134 valence electrons. The molecule has 0 spiro atoms. The molecule has 3 aromatic rings. The average Bonchev–Trinajstić information content (AvgIpc) is 2.96. The second-order valence-electron chi connectivity index (χ2n) is 5.27. The first-order chi connectivity index (χ1) is 12.1. The minimum atomic E-state index is -0.254. The number of aryl methyl sites for hydroxylation is 1. The van der Waals surface area contributed by atoms with Crippen LogP contribution in [0.3, 0.4) is 0 Å². The Balaban J connectivity index is 0.00000243. The van der Waals surface area contributed by atoms with Gasteiger partial charge in [0.1, 0.15) is 0 Å². The van der Waals surface area contributed by atoms with E-state index < -0.39 is 0 Å². The summed E-state index contributed by atoms with van der Waals surface area (Å²) in [5, 5.41) is 4.28. The summed E-state index contributed by atoms with van der Waals surface area (Å²) in [5.41, 5.74) is 5.27. The summed E-state index contributed by atoms with van der Waals surface area (Å²) < 4.78 is 2.81. The lowest BCUT2D eigenvalue weighted by Gasteiger charge is -2.05. The fourth-order valence-electron chi connectivity index (χ4n) is 2.45. The third-order valence-electron chi connectivity index (χ3n) is 3.61. The van der Waals surface area contributed by atoms with Crippen LogP contribution in [-0.4, -0.2) is 10.5 Å². The number of nitrogens with one attached hydrogen (secondary N) is 1. The molecule has 1 N–H and O–H groups in total. The molecule has 26 heavy (non-hydrogen) atoms. The maximum absolute atomic E-state index is 12.2. The number of rotatable bonds is 4. The molecule has 0 aliphatic heterocycles. The first-order valence-electron chi connectivity index (χ1n) is 7.59. The third kappa shape index (κ3) is 4.41. The Morgan fingerprint density at radius 3 is 2.46 bits per heavy atom. The molecule has 4 nitrogen and oxygen atoms in total. The van der Waals surface area contributed by atoms with Crippen molar-refractivity contribution in [1.29, 1.82) is 0 Å². The maximum Gasteiger partial charge on any atom is 0.271 e. The molecule has 1 amide bonds. The quantitative estimate of drug-likeness (QED) is 0.497. The van der Waals surface area contributed by atoms with Gasteiger partial charge in [0, 0.05) is 21.1 Å². The van der Waals surface area contributed by atoms with Gasteiger partial charge in [-0.25, -0.2) is 5.43 Å². The van der Waals surface area contributed by atoms with Gasteiger partial charge in [-0.05, 0) is 36.8 Å². The lowest BCUT2D eigenvalue weighted by atomic mass is 10.1. The van der Waals surface area contributed by atoms with Gasteiger partial charge in [-0.2, -0.15) is 0 Å². The molecule has 0 bridgehead atoms. The van der Waals surface area contributed by atoms with E-state index >= 15 is 0 Å². The van der Waals surface area contributed by atoms with Crippen LogP contribution in [0, 0.1) is 6.92 Å². The van der Waals surface area contributed by atoms with Crippen LogP contribution in [0.25, 0.3) is 17.5 Å². The van der Waals surface area contributed by atoms with Crippen molar-refractivity contribution < 1.29 is 4.79 Å². The zero-order chi connectivity index (χ0) is 17.8. The Hall–Kier alpha value is -1.96. The van der Waals surface area contributed by atoms with E-state index in [1.165, 1.54) is 11.3 Å². The molecule has 0 aliphatic rings. The van der Waals surface area contributed by atoms with Crippen LogP contribution in [0.2, 0.25) is 0 Å². The number of hydrogen-bond acceptors (Lipinski definition) is 3. The SMILES string of the molecule is Br.C=Cn1c(-c2ccccc2)c(C)s/c1=N/NC(=O)c1ccc(Br)cc1. The van der Waals surface area contributed by atoms with Crippen LogP contribution in [0.15, 0.2) is 70.8 Å². The van der Waals surface area contributed by atoms with Crippen LogP contribution >= 0.6 is 44.2 Å². The summed E-state index contributed by atoms with van der Waals surface area (Å²) in [6.45, 7) is 5.91. The zero-order valence-corrected chi connectivity index (χ0v) is 18.1. The van der Waals surface area contributed by atoms with Gasteiger partial charge in [0.05, 0.1) is 5.69 Å². The number of thiazole rings is 1. The molecule has 0 atom stereocenters. The number of carbonyl (C=O) groups is 1. The van der Waals surface area contributed by atoms with Crippen molar-refractivity contribution in [1.82, 2.24) is 9.99 Å². The summed E-state index contributed by atoms with van der Waals surface area (Å²) in [6.07, 6.45) is 1.70. The van der Waals surface area contributed by atoms with Gasteiger partial charge < -0.3 is 0 Å². The highest BCUT2D eigenvalue weighted by molar-refractivity contribution is 9.10. The van der Waals surface area contributed by atoms with Crippen LogP contribution in [0.5, 0.6) is 0 Å². The van der Waals surface area contributed by atoms with E-state index in [1.807, 2.05) is 54.0 Å². The van der Waals surface area contributed by atoms with Crippen LogP contribution in [0.4, 0.5) is 0 Å². The highest BCUT2D eigenvalue weighted by atomic mass is 79.9. The van der Waals surface area contributed by atoms with E-state index in [9.17, 15) is 4.79 Å². The van der Waals surface area contributed by atoms with E-state index in [4.69, 9.17) is 0 Å². The summed E-state index contributed by atoms with van der Waals surface area (Å²) in [6, 6.07) is 17.2. The monoisotopic (exact) mass is 493 g/mol. The minimum absolute atomic E-state index is 0. The standard InChI is InChI=1S/C19H16BrN3OS.BrH/c1-3-23-17(14-7-5-4-6-8-14)13(2)25-19(23)22-21-18(24)15-9-11-16(20)12-10-15;/h3-12H,1H2,2H3,(H,21,24);1H/b22-19+;. The van der Waals surface area contributed by atoms with Gasteiger partial charge in [0.2, 0.25) is 4.80 Å². The first kappa shape index (κ1) is 20.4. The van der Waals surface area contributed by atoms with Crippen LogP contribution < -0.4 is 10.2 Å². The third-order valence-corrected chi connectivity index (χ3v) is 5.11. The summed E-state index contributed by atoms with van der Waals surface area (Å²) in [4.78, 5) is 14.0. The second kappa shape index (κ2) is 9.12. The van der Waals surface area contributed by atoms with Crippen molar-refractivity contribution in [2.24, 2.45) is 5.10 Å². The number of aromatic nitrogens is 1. The van der Waals surface area contributed by atoms with Crippen molar-refractivity contribution in [2.75, 3.05) is 0 Å². The normalized spacial score (nSPS) is 10.9. The second-order valence-corrected chi connectivity index (χ2v) is 7.36. The number of hydrogen-bond donors (Lipinski definition) is 1. The Kier molecular flexibility index (Phi) is 7.14. The molecule has 0 aliphatic carbocycles. The fraction of sp³-hybridized carbons (Fsp3) is 0.0526. The number of benzene rings is 2. The van der Waals surface area contributed by atoms with Gasteiger partial charge >= 0.3 is 0 Å². The van der Waals surface area contributed by atoms with Gasteiger partial charge in [0.15, 0.2) is 0 Å². The smallest absolute Gasteiger partial charge is 0.271 e. The molecule has 7 heteroatoms. The Morgan fingerprint density at radius 2 is 1.85 bits per heavy atom. The Labute approximate surface area is 174 Å². The van der Waals surface area contributed by atoms with Crippen molar-refractivity contribution in [2.45, 2.75) is 6.92 Å². The minimum Gasteiger partial charge on any atom is -0.291 e. The highest BCUT2D eigenvalue weighted by Crippen LogP contribution is 2.24. The molecule has 0 radical (unpaired) electrons. The number of halogens is 2. The average molecular weight is 495 g/mol. The lowest BCUT2D eigenvalue weighted by molar-refractivity contribution is 0.0953. The predicted octanol–water partition coefficient (Wildman–Crippen LogP) is 5.21. The van der Waals surface area contributed by atoms with Crippen LogP contribution in [0.1, 0.15) is 15.2 Å². The molecule has 1 aromatic heterocycles. The molecule has 3 rings (SSSR count). The molecule has 0 saturated carbocycles. The molecule has 0 saturated heterocycles. The molecule has 1 heterocycles. The van der Waals surface area contributed by atoms with Gasteiger partial charge in [-0.1, -0.05) is 64.2 Å². The molecule has 0 unspecified atom stereocenters. The summed E-state index contributed by atoms with van der Waals surface area (Å²) in [5.74, 6) is -0.254. The predicted molar refractivity (Wildman–Crippen MR) is 116 cm³/mol. The van der Waals surface area contributed by atoms with E-state index in [2.05, 4.69) is 33.0 Å². The van der Waals surface area contributed by atoms with E-state index in [0.29, 0.717) is 10.4 Å². The van der Waals surface area contributed by atoms with E-state index in [1.54, 1.807) is 18.3 Å². The number of carbonyl (C=O) groups excluding carboxylic acids is 1. The maximum atomic E-state index is 12.2. The summed E-state index contributed by atoms with van der Waals surface area (Å²) >= 11 is 4.86. The topological polar surface area (TPSA) is 46.4 Å². The van der Waals surface area contributed by atoms with Crippen molar-refractivity contribution in [3.05, 3.63) is 80.9 Å². The van der Waals surface area contributed by atoms with Gasteiger partial charge in [0.25, 0.3) is 5.91 Å². The van der Waals surface area contributed by atoms with E-state index in [0.717, 1.165) is 20.6 Å². The van der Waals surface area contributed by atoms with Crippen molar-refractivity contribution in [3.8, 4) is 11.3 Å². The Morgan fingerprint density at radius 1 is 1.19 bits per heavy atom. The molecule has 2 aromatic carbocycles. The molecular weight excluding hydrogens is 478 g/mol. The fourth-order valence-corrected chi connectivity index (χ4v) is 3.66. The van der Waals surface area contributed by atoms with E-state index in [-0.39, 0.29) is 22.9 Å². The summed E-state index contributed by atoms with van der Waals surface area (Å²) in [7, 11) is 0. The van der Waals surface area contributed by atoms with Crippen molar-refractivity contribution >= 4 is 56.4 Å². The van der Waals surface area contributed by atoms with Gasteiger partial charge in [-0.3, -0.25) is 9.36 Å². The molecule has 0 fully saturated rings.